The van der Waals surface area contributed by atoms with Crippen LogP contribution in [0.5, 0.6) is 0 Å². The van der Waals surface area contributed by atoms with Gasteiger partial charge in [-0.3, -0.25) is 9.69 Å². The van der Waals surface area contributed by atoms with E-state index >= 15 is 0 Å². The molecule has 1 aliphatic rings. The van der Waals surface area contributed by atoms with Gasteiger partial charge >= 0.3 is 5.97 Å². The van der Waals surface area contributed by atoms with Crippen LogP contribution in [0, 0.1) is 5.92 Å². The molecule has 2 rings (SSSR count). The average Bonchev–Trinajstić information content (AvgIpc) is 2.70. The zero-order valence-electron chi connectivity index (χ0n) is 11.1. The molecule has 2 unspecified atom stereocenters. The molecule has 0 amide bonds. The van der Waals surface area contributed by atoms with Gasteiger partial charge in [0.15, 0.2) is 0 Å². The van der Waals surface area contributed by atoms with Crippen LogP contribution in [0.2, 0.25) is 0 Å². The third-order valence-corrected chi connectivity index (χ3v) is 3.60. The van der Waals surface area contributed by atoms with Crippen molar-refractivity contribution in [1.29, 1.82) is 0 Å². The van der Waals surface area contributed by atoms with Crippen molar-refractivity contribution >= 4 is 5.97 Å². The molecular formula is C15H21NO2. The first kappa shape index (κ1) is 13.1. The Morgan fingerprint density at radius 1 is 1.39 bits per heavy atom. The second-order valence-corrected chi connectivity index (χ2v) is 5.19. The average molecular weight is 247 g/mol. The number of rotatable bonds is 4. The van der Waals surface area contributed by atoms with Crippen molar-refractivity contribution in [1.82, 2.24) is 4.90 Å². The predicted octanol–water partition coefficient (Wildman–Crippen LogP) is 2.46. The Balaban J connectivity index is 1.99. The summed E-state index contributed by atoms with van der Waals surface area (Å²) in [6.45, 7) is 4.23. The SMILES string of the molecule is COC(=O)CC1CC(C)CN1Cc1ccccc1. The number of benzene rings is 1. The van der Waals surface area contributed by atoms with E-state index in [0.717, 1.165) is 19.5 Å². The standard InChI is InChI=1S/C15H21NO2/c1-12-8-14(9-15(17)18-2)16(10-12)11-13-6-4-3-5-7-13/h3-7,12,14H,8-11H2,1-2H3. The second kappa shape index (κ2) is 6.01. The molecule has 0 spiro atoms. The molecule has 3 heteroatoms. The second-order valence-electron chi connectivity index (χ2n) is 5.19. The molecular weight excluding hydrogens is 226 g/mol. The minimum atomic E-state index is -0.104. The number of hydrogen-bond acceptors (Lipinski definition) is 3. The zero-order valence-corrected chi connectivity index (χ0v) is 11.1. The molecule has 0 radical (unpaired) electrons. The first-order chi connectivity index (χ1) is 8.69. The fourth-order valence-electron chi connectivity index (χ4n) is 2.74. The third-order valence-electron chi connectivity index (χ3n) is 3.60. The Morgan fingerprint density at radius 2 is 2.11 bits per heavy atom. The van der Waals surface area contributed by atoms with E-state index in [1.165, 1.54) is 12.7 Å². The zero-order chi connectivity index (χ0) is 13.0. The number of carbonyl (C=O) groups is 1. The molecule has 1 aromatic carbocycles. The minimum absolute atomic E-state index is 0.104. The highest BCUT2D eigenvalue weighted by molar-refractivity contribution is 5.69. The number of hydrogen-bond donors (Lipinski definition) is 0. The first-order valence-corrected chi connectivity index (χ1v) is 6.54. The van der Waals surface area contributed by atoms with E-state index in [2.05, 4.69) is 36.1 Å². The number of carbonyl (C=O) groups excluding carboxylic acids is 1. The van der Waals surface area contributed by atoms with Crippen LogP contribution in [0.1, 0.15) is 25.3 Å². The molecule has 1 saturated heterocycles. The maximum absolute atomic E-state index is 11.4. The first-order valence-electron chi connectivity index (χ1n) is 6.54. The monoisotopic (exact) mass is 247 g/mol. The summed E-state index contributed by atoms with van der Waals surface area (Å²) in [5, 5.41) is 0. The molecule has 1 aliphatic heterocycles. The summed E-state index contributed by atoms with van der Waals surface area (Å²) in [4.78, 5) is 13.8. The van der Waals surface area contributed by atoms with Gasteiger partial charge < -0.3 is 4.74 Å². The van der Waals surface area contributed by atoms with Gasteiger partial charge in [-0.15, -0.1) is 0 Å². The summed E-state index contributed by atoms with van der Waals surface area (Å²) < 4.78 is 4.78. The minimum Gasteiger partial charge on any atom is -0.469 e. The van der Waals surface area contributed by atoms with Crippen LogP contribution in [0.15, 0.2) is 30.3 Å². The molecule has 2 atom stereocenters. The molecule has 0 N–H and O–H groups in total. The van der Waals surface area contributed by atoms with Crippen LogP contribution in [-0.4, -0.2) is 30.6 Å². The highest BCUT2D eigenvalue weighted by atomic mass is 16.5. The summed E-state index contributed by atoms with van der Waals surface area (Å²) in [6, 6.07) is 10.7. The maximum atomic E-state index is 11.4. The molecule has 1 fully saturated rings. The lowest BCUT2D eigenvalue weighted by Crippen LogP contribution is -2.31. The molecule has 1 aromatic rings. The van der Waals surface area contributed by atoms with Crippen LogP contribution >= 0.6 is 0 Å². The molecule has 18 heavy (non-hydrogen) atoms. The quantitative estimate of drug-likeness (QED) is 0.765. The summed E-state index contributed by atoms with van der Waals surface area (Å²) >= 11 is 0. The fourth-order valence-corrected chi connectivity index (χ4v) is 2.74. The maximum Gasteiger partial charge on any atom is 0.307 e. The van der Waals surface area contributed by atoms with Gasteiger partial charge in [-0.1, -0.05) is 37.3 Å². The van der Waals surface area contributed by atoms with Crippen molar-refractivity contribution in [2.45, 2.75) is 32.4 Å². The van der Waals surface area contributed by atoms with Crippen molar-refractivity contribution in [3.8, 4) is 0 Å². The van der Waals surface area contributed by atoms with Crippen LogP contribution in [-0.2, 0) is 16.1 Å². The number of ether oxygens (including phenoxy) is 1. The van der Waals surface area contributed by atoms with Crippen LogP contribution in [0.25, 0.3) is 0 Å². The Bertz CT molecular complexity index is 391. The predicted molar refractivity (Wildman–Crippen MR) is 71.1 cm³/mol. The van der Waals surface area contributed by atoms with Gasteiger partial charge in [-0.2, -0.15) is 0 Å². The van der Waals surface area contributed by atoms with E-state index in [0.29, 0.717) is 18.4 Å². The third kappa shape index (κ3) is 3.33. The van der Waals surface area contributed by atoms with Gasteiger partial charge in [0.05, 0.1) is 13.5 Å². The Morgan fingerprint density at radius 3 is 2.78 bits per heavy atom. The fraction of sp³-hybridized carbons (Fsp3) is 0.533. The normalized spacial score (nSPS) is 24.1. The summed E-state index contributed by atoms with van der Waals surface area (Å²) in [5.41, 5.74) is 1.31. The van der Waals surface area contributed by atoms with E-state index in [4.69, 9.17) is 4.74 Å². The Kier molecular flexibility index (Phi) is 4.37. The Labute approximate surface area is 109 Å². The smallest absolute Gasteiger partial charge is 0.307 e. The van der Waals surface area contributed by atoms with Crippen LogP contribution in [0.4, 0.5) is 0 Å². The molecule has 0 aliphatic carbocycles. The molecule has 98 valence electrons. The van der Waals surface area contributed by atoms with Crippen molar-refractivity contribution in [2.75, 3.05) is 13.7 Å². The number of esters is 1. The van der Waals surface area contributed by atoms with Gasteiger partial charge in [0.2, 0.25) is 0 Å². The lowest BCUT2D eigenvalue weighted by molar-refractivity contribution is -0.141. The highest BCUT2D eigenvalue weighted by Crippen LogP contribution is 2.27. The van der Waals surface area contributed by atoms with Crippen molar-refractivity contribution in [3.63, 3.8) is 0 Å². The van der Waals surface area contributed by atoms with Gasteiger partial charge in [0.25, 0.3) is 0 Å². The number of methoxy groups -OCH3 is 1. The molecule has 0 saturated carbocycles. The van der Waals surface area contributed by atoms with Crippen molar-refractivity contribution in [3.05, 3.63) is 35.9 Å². The largest absolute Gasteiger partial charge is 0.469 e. The molecule has 0 bridgehead atoms. The summed E-state index contributed by atoms with van der Waals surface area (Å²) in [7, 11) is 1.46. The van der Waals surface area contributed by atoms with E-state index < -0.39 is 0 Å². The summed E-state index contributed by atoms with van der Waals surface area (Å²) in [5.74, 6) is 0.551. The van der Waals surface area contributed by atoms with Crippen molar-refractivity contribution in [2.24, 2.45) is 5.92 Å². The van der Waals surface area contributed by atoms with E-state index in [1.54, 1.807) is 0 Å². The summed E-state index contributed by atoms with van der Waals surface area (Å²) in [6.07, 6.45) is 1.59. The topological polar surface area (TPSA) is 29.5 Å². The lowest BCUT2D eigenvalue weighted by atomic mass is 10.1. The molecule has 1 heterocycles. The highest BCUT2D eigenvalue weighted by Gasteiger charge is 2.31. The van der Waals surface area contributed by atoms with Gasteiger partial charge in [0.1, 0.15) is 0 Å². The molecule has 3 nitrogen and oxygen atoms in total. The number of likely N-dealkylation sites (tertiary alicyclic amines) is 1. The van der Waals surface area contributed by atoms with E-state index in [9.17, 15) is 4.79 Å². The van der Waals surface area contributed by atoms with Gasteiger partial charge in [0, 0.05) is 19.1 Å². The Hall–Kier alpha value is -1.35. The van der Waals surface area contributed by atoms with E-state index in [-0.39, 0.29) is 5.97 Å². The van der Waals surface area contributed by atoms with Gasteiger partial charge in [-0.05, 0) is 17.9 Å². The molecule has 0 aromatic heterocycles. The van der Waals surface area contributed by atoms with E-state index in [1.807, 2.05) is 6.07 Å². The lowest BCUT2D eigenvalue weighted by Gasteiger charge is -2.23. The number of nitrogens with zero attached hydrogens (tertiary/aromatic N) is 1. The van der Waals surface area contributed by atoms with Crippen LogP contribution in [0.3, 0.4) is 0 Å². The van der Waals surface area contributed by atoms with Crippen molar-refractivity contribution < 1.29 is 9.53 Å². The van der Waals surface area contributed by atoms with Gasteiger partial charge in [-0.25, -0.2) is 0 Å². The van der Waals surface area contributed by atoms with Crippen LogP contribution < -0.4 is 0 Å².